The maximum Gasteiger partial charge on any atom is 0.271 e. The number of carbonyl (C=O) groups excluding carboxylic acids is 4. The molecular weight excluding hydrogens is 398 g/mol. The van der Waals surface area contributed by atoms with E-state index >= 15 is 0 Å². The van der Waals surface area contributed by atoms with E-state index in [1.54, 1.807) is 24.3 Å². The number of rotatable bonds is 8. The average molecular weight is 421 g/mol. The smallest absolute Gasteiger partial charge is 0.271 e. The molecule has 31 heavy (non-hydrogen) atoms. The second-order valence-electron chi connectivity index (χ2n) is 6.96. The Morgan fingerprint density at radius 1 is 0.968 bits per heavy atom. The fraction of sp³-hybridized carbons (Fsp3) is 0.227. The summed E-state index contributed by atoms with van der Waals surface area (Å²) < 4.78 is 0. The van der Waals surface area contributed by atoms with E-state index in [1.807, 2.05) is 30.3 Å². The van der Waals surface area contributed by atoms with Crippen LogP contribution in [0, 0.1) is 0 Å². The van der Waals surface area contributed by atoms with Crippen molar-refractivity contribution in [2.24, 2.45) is 10.8 Å². The highest BCUT2D eigenvalue weighted by molar-refractivity contribution is 6.43. The molecule has 0 aromatic heterocycles. The number of carbonyl (C=O) groups is 4. The molecule has 0 aliphatic carbocycles. The van der Waals surface area contributed by atoms with Gasteiger partial charge in [0.25, 0.3) is 11.8 Å². The standard InChI is InChI=1S/C22H23N5O4/c23-19(28)12-13-24-21(30)16-8-4-5-9-17(16)25-22(31)18-10-11-20(29)27(26-18)14-15-6-2-1-3-7-15/h1-9H,10-14H2,(H2,23,28)(H,24,30)(H,25,31). The Bertz CT molecular complexity index is 1020. The summed E-state index contributed by atoms with van der Waals surface area (Å²) in [6, 6.07) is 15.9. The summed E-state index contributed by atoms with van der Waals surface area (Å²) in [5, 5.41) is 10.8. The second-order valence-corrected chi connectivity index (χ2v) is 6.96. The number of nitrogens with one attached hydrogen (secondary N) is 2. The molecule has 0 spiro atoms. The van der Waals surface area contributed by atoms with E-state index in [2.05, 4.69) is 15.7 Å². The number of benzene rings is 2. The molecule has 1 heterocycles. The van der Waals surface area contributed by atoms with Gasteiger partial charge in [0.2, 0.25) is 11.8 Å². The molecule has 2 aromatic rings. The molecule has 0 fully saturated rings. The van der Waals surface area contributed by atoms with Crippen molar-refractivity contribution in [2.45, 2.75) is 25.8 Å². The first-order valence-corrected chi connectivity index (χ1v) is 9.82. The van der Waals surface area contributed by atoms with E-state index in [9.17, 15) is 19.2 Å². The van der Waals surface area contributed by atoms with Crippen molar-refractivity contribution in [3.05, 3.63) is 65.7 Å². The maximum atomic E-state index is 12.8. The lowest BCUT2D eigenvalue weighted by Crippen LogP contribution is -2.36. The topological polar surface area (TPSA) is 134 Å². The van der Waals surface area contributed by atoms with Gasteiger partial charge in [0, 0.05) is 25.8 Å². The quantitative estimate of drug-likeness (QED) is 0.594. The van der Waals surface area contributed by atoms with Gasteiger partial charge in [-0.1, -0.05) is 42.5 Å². The summed E-state index contributed by atoms with van der Waals surface area (Å²) >= 11 is 0. The molecule has 1 aliphatic rings. The molecular formula is C22H23N5O4. The van der Waals surface area contributed by atoms with Gasteiger partial charge in [0.15, 0.2) is 0 Å². The molecule has 4 amide bonds. The summed E-state index contributed by atoms with van der Waals surface area (Å²) in [6.07, 6.45) is 0.402. The Balaban J connectivity index is 1.71. The van der Waals surface area contributed by atoms with Crippen molar-refractivity contribution in [2.75, 3.05) is 11.9 Å². The van der Waals surface area contributed by atoms with Crippen LogP contribution in [0.5, 0.6) is 0 Å². The minimum Gasteiger partial charge on any atom is -0.370 e. The Morgan fingerprint density at radius 2 is 1.68 bits per heavy atom. The third-order valence-electron chi connectivity index (χ3n) is 4.62. The Hall–Kier alpha value is -4.01. The largest absolute Gasteiger partial charge is 0.370 e. The van der Waals surface area contributed by atoms with Gasteiger partial charge >= 0.3 is 0 Å². The zero-order valence-electron chi connectivity index (χ0n) is 16.8. The summed E-state index contributed by atoms with van der Waals surface area (Å²) in [5.41, 5.74) is 6.74. The monoisotopic (exact) mass is 421 g/mol. The van der Waals surface area contributed by atoms with Crippen LogP contribution in [0.4, 0.5) is 5.69 Å². The second kappa shape index (κ2) is 10.1. The van der Waals surface area contributed by atoms with Crippen molar-refractivity contribution in [1.82, 2.24) is 10.3 Å². The normalized spacial score (nSPS) is 13.4. The van der Waals surface area contributed by atoms with Gasteiger partial charge in [0.05, 0.1) is 17.8 Å². The van der Waals surface area contributed by atoms with E-state index in [-0.39, 0.29) is 49.5 Å². The molecule has 0 bridgehead atoms. The number of hydrogen-bond donors (Lipinski definition) is 3. The molecule has 3 rings (SSSR count). The lowest BCUT2D eigenvalue weighted by Gasteiger charge is -2.23. The van der Waals surface area contributed by atoms with E-state index in [0.29, 0.717) is 5.69 Å². The van der Waals surface area contributed by atoms with E-state index in [1.165, 1.54) is 5.01 Å². The van der Waals surface area contributed by atoms with Crippen LogP contribution in [-0.2, 0) is 20.9 Å². The fourth-order valence-electron chi connectivity index (χ4n) is 3.02. The first kappa shape index (κ1) is 21.7. The van der Waals surface area contributed by atoms with Crippen LogP contribution in [0.3, 0.4) is 0 Å². The molecule has 1 aliphatic heterocycles. The molecule has 0 atom stereocenters. The molecule has 2 aromatic carbocycles. The molecule has 0 saturated carbocycles. The highest BCUT2D eigenvalue weighted by Crippen LogP contribution is 2.18. The summed E-state index contributed by atoms with van der Waals surface area (Å²) in [6.45, 7) is 0.370. The molecule has 9 nitrogen and oxygen atoms in total. The summed E-state index contributed by atoms with van der Waals surface area (Å²) in [5.74, 6) is -1.60. The van der Waals surface area contributed by atoms with Gasteiger partial charge in [-0.2, -0.15) is 5.10 Å². The molecule has 4 N–H and O–H groups in total. The van der Waals surface area contributed by atoms with Crippen molar-refractivity contribution in [3.63, 3.8) is 0 Å². The molecule has 9 heteroatoms. The van der Waals surface area contributed by atoms with Crippen molar-refractivity contribution < 1.29 is 19.2 Å². The van der Waals surface area contributed by atoms with Gasteiger partial charge in [-0.05, 0) is 17.7 Å². The van der Waals surface area contributed by atoms with Crippen LogP contribution >= 0.6 is 0 Å². The average Bonchev–Trinajstić information content (AvgIpc) is 2.76. The van der Waals surface area contributed by atoms with Crippen LogP contribution in [0.1, 0.15) is 35.2 Å². The van der Waals surface area contributed by atoms with Gasteiger partial charge in [-0.25, -0.2) is 5.01 Å². The van der Waals surface area contributed by atoms with Crippen molar-refractivity contribution >= 4 is 35.0 Å². The number of para-hydroxylation sites is 1. The molecule has 0 unspecified atom stereocenters. The molecule has 0 saturated heterocycles. The Kier molecular flexibility index (Phi) is 7.10. The number of hydrogen-bond acceptors (Lipinski definition) is 5. The Morgan fingerprint density at radius 3 is 2.42 bits per heavy atom. The van der Waals surface area contributed by atoms with Crippen LogP contribution in [-0.4, -0.2) is 40.9 Å². The van der Waals surface area contributed by atoms with E-state index in [0.717, 1.165) is 5.56 Å². The maximum absolute atomic E-state index is 12.8. The van der Waals surface area contributed by atoms with Crippen LogP contribution in [0.15, 0.2) is 59.7 Å². The van der Waals surface area contributed by atoms with E-state index in [4.69, 9.17) is 5.73 Å². The van der Waals surface area contributed by atoms with Crippen LogP contribution in [0.2, 0.25) is 0 Å². The van der Waals surface area contributed by atoms with Gasteiger partial charge < -0.3 is 16.4 Å². The number of hydrazone groups is 1. The summed E-state index contributed by atoms with van der Waals surface area (Å²) in [4.78, 5) is 48.2. The summed E-state index contributed by atoms with van der Waals surface area (Å²) in [7, 11) is 0. The zero-order valence-corrected chi connectivity index (χ0v) is 16.8. The number of amides is 4. The first-order chi connectivity index (χ1) is 14.9. The van der Waals surface area contributed by atoms with Gasteiger partial charge in [0.1, 0.15) is 5.71 Å². The zero-order chi connectivity index (χ0) is 22.2. The van der Waals surface area contributed by atoms with Crippen LogP contribution < -0.4 is 16.4 Å². The lowest BCUT2D eigenvalue weighted by molar-refractivity contribution is -0.132. The molecule has 160 valence electrons. The number of anilines is 1. The highest BCUT2D eigenvalue weighted by Gasteiger charge is 2.25. The number of primary amides is 1. The van der Waals surface area contributed by atoms with E-state index < -0.39 is 17.7 Å². The fourth-order valence-corrected chi connectivity index (χ4v) is 3.02. The number of nitrogens with zero attached hydrogens (tertiary/aromatic N) is 2. The SMILES string of the molecule is NC(=O)CCNC(=O)c1ccccc1NC(=O)C1=NN(Cc2ccccc2)C(=O)CC1. The van der Waals surface area contributed by atoms with Crippen molar-refractivity contribution in [3.8, 4) is 0 Å². The third kappa shape index (κ3) is 5.99. The van der Waals surface area contributed by atoms with Gasteiger partial charge in [-0.15, -0.1) is 0 Å². The van der Waals surface area contributed by atoms with Crippen LogP contribution in [0.25, 0.3) is 0 Å². The van der Waals surface area contributed by atoms with Crippen molar-refractivity contribution in [1.29, 1.82) is 0 Å². The molecule has 0 radical (unpaired) electrons. The first-order valence-electron chi connectivity index (χ1n) is 9.82. The minimum atomic E-state index is -0.521. The van der Waals surface area contributed by atoms with Gasteiger partial charge in [-0.3, -0.25) is 19.2 Å². The highest BCUT2D eigenvalue weighted by atomic mass is 16.2. The predicted octanol–water partition coefficient (Wildman–Crippen LogP) is 1.41. The Labute approximate surface area is 179 Å². The minimum absolute atomic E-state index is 0.0162. The number of nitrogens with two attached hydrogens (primary N) is 1. The predicted molar refractivity (Wildman–Crippen MR) is 115 cm³/mol. The lowest BCUT2D eigenvalue weighted by atomic mass is 10.1. The third-order valence-corrected chi connectivity index (χ3v) is 4.62.